The lowest BCUT2D eigenvalue weighted by atomic mass is 10.00. The zero-order chi connectivity index (χ0) is 28.8. The highest BCUT2D eigenvalue weighted by molar-refractivity contribution is 6.35. The zero-order valence-corrected chi connectivity index (χ0v) is 24.9. The van der Waals surface area contributed by atoms with Crippen LogP contribution in [0.2, 0.25) is 10.0 Å². The molecule has 0 saturated carbocycles. The molecule has 10 heteroatoms. The van der Waals surface area contributed by atoms with E-state index >= 15 is 0 Å². The Kier molecular flexibility index (Phi) is 9.21. The third-order valence-electron chi connectivity index (χ3n) is 7.21. The number of benzene rings is 3. The van der Waals surface area contributed by atoms with Gasteiger partial charge in [-0.15, -0.1) is 0 Å². The molecule has 0 spiro atoms. The van der Waals surface area contributed by atoms with Gasteiger partial charge < -0.3 is 15.0 Å². The molecular formula is C31H33Cl2N7O. The highest BCUT2D eigenvalue weighted by Gasteiger charge is 2.20. The maximum atomic E-state index is 6.24. The van der Waals surface area contributed by atoms with Crippen molar-refractivity contribution in [3.63, 3.8) is 0 Å². The topological polar surface area (TPSA) is 87.6 Å². The second-order valence-electron chi connectivity index (χ2n) is 10.3. The first kappa shape index (κ1) is 28.6. The van der Waals surface area contributed by atoms with Crippen LogP contribution in [0.3, 0.4) is 0 Å². The quantitative estimate of drug-likeness (QED) is 0.152. The predicted octanol–water partition coefficient (Wildman–Crippen LogP) is 7.80. The van der Waals surface area contributed by atoms with Gasteiger partial charge in [0.15, 0.2) is 0 Å². The van der Waals surface area contributed by atoms with Crippen LogP contribution in [0.5, 0.6) is 5.75 Å². The van der Waals surface area contributed by atoms with Crippen molar-refractivity contribution >= 4 is 52.9 Å². The smallest absolute Gasteiger partial charge is 0.250 e. The van der Waals surface area contributed by atoms with Gasteiger partial charge in [-0.2, -0.15) is 20.1 Å². The number of piperidine rings is 1. The van der Waals surface area contributed by atoms with Crippen molar-refractivity contribution in [2.45, 2.75) is 40.2 Å². The third kappa shape index (κ3) is 7.65. The van der Waals surface area contributed by atoms with E-state index in [1.54, 1.807) is 18.3 Å². The largest absolute Gasteiger partial charge is 0.489 e. The van der Waals surface area contributed by atoms with Gasteiger partial charge in [0.25, 0.3) is 0 Å². The SMILES string of the molecule is Cc1cccc(Nc2nc(N/N=C/c3ccc(OCc4ccc(Cl)cc4Cl)cc3)nc(N3CCC(C)CC3)n2)c1C. The summed E-state index contributed by atoms with van der Waals surface area (Å²) < 4.78 is 5.87. The van der Waals surface area contributed by atoms with Crippen LogP contribution in [0.1, 0.15) is 42.0 Å². The van der Waals surface area contributed by atoms with Crippen LogP contribution >= 0.6 is 23.2 Å². The van der Waals surface area contributed by atoms with E-state index in [1.165, 1.54) is 5.56 Å². The first-order valence-corrected chi connectivity index (χ1v) is 14.4. The molecule has 2 heterocycles. The van der Waals surface area contributed by atoms with E-state index in [1.807, 2.05) is 42.5 Å². The van der Waals surface area contributed by atoms with E-state index in [9.17, 15) is 0 Å². The summed E-state index contributed by atoms with van der Waals surface area (Å²) in [5.41, 5.74) is 8.06. The number of hydrazone groups is 1. The highest BCUT2D eigenvalue weighted by Crippen LogP contribution is 2.26. The lowest BCUT2D eigenvalue weighted by Crippen LogP contribution is -2.34. The summed E-state index contributed by atoms with van der Waals surface area (Å²) in [6, 6.07) is 19.1. The van der Waals surface area contributed by atoms with Crippen molar-refractivity contribution in [1.29, 1.82) is 0 Å². The lowest BCUT2D eigenvalue weighted by molar-refractivity contribution is 0.306. The summed E-state index contributed by atoms with van der Waals surface area (Å²) in [5, 5.41) is 8.94. The lowest BCUT2D eigenvalue weighted by Gasteiger charge is -2.30. The minimum Gasteiger partial charge on any atom is -0.489 e. The zero-order valence-electron chi connectivity index (χ0n) is 23.4. The first-order chi connectivity index (χ1) is 19.8. The molecule has 1 aliphatic rings. The predicted molar refractivity (Wildman–Crippen MR) is 168 cm³/mol. The second kappa shape index (κ2) is 13.2. The summed E-state index contributed by atoms with van der Waals surface area (Å²) in [4.78, 5) is 16.2. The maximum absolute atomic E-state index is 6.24. The molecule has 8 nitrogen and oxygen atoms in total. The number of nitrogens with one attached hydrogen (secondary N) is 2. The summed E-state index contributed by atoms with van der Waals surface area (Å²) >= 11 is 12.2. The summed E-state index contributed by atoms with van der Waals surface area (Å²) in [6.07, 6.45) is 3.93. The van der Waals surface area contributed by atoms with E-state index in [0.29, 0.717) is 40.4 Å². The molecule has 1 aliphatic heterocycles. The van der Waals surface area contributed by atoms with Gasteiger partial charge in [0.2, 0.25) is 17.8 Å². The Morgan fingerprint density at radius 2 is 1.73 bits per heavy atom. The molecule has 0 radical (unpaired) electrons. The fraction of sp³-hybridized carbons (Fsp3) is 0.290. The Morgan fingerprint density at radius 1 is 0.976 bits per heavy atom. The molecule has 0 unspecified atom stereocenters. The molecule has 1 aromatic heterocycles. The number of halogens is 2. The number of hydrogen-bond acceptors (Lipinski definition) is 8. The molecule has 3 aromatic carbocycles. The fourth-order valence-corrected chi connectivity index (χ4v) is 4.91. The molecule has 1 saturated heterocycles. The number of nitrogens with zero attached hydrogens (tertiary/aromatic N) is 5. The highest BCUT2D eigenvalue weighted by atomic mass is 35.5. The number of ether oxygens (including phenoxy) is 1. The molecule has 0 aliphatic carbocycles. The molecule has 212 valence electrons. The van der Waals surface area contributed by atoms with Gasteiger partial charge in [-0.25, -0.2) is 5.43 Å². The first-order valence-electron chi connectivity index (χ1n) is 13.6. The van der Waals surface area contributed by atoms with Crippen molar-refractivity contribution in [3.8, 4) is 5.75 Å². The number of hydrogen-bond donors (Lipinski definition) is 2. The Bertz CT molecular complexity index is 1520. The normalized spacial score (nSPS) is 13.9. The van der Waals surface area contributed by atoms with Gasteiger partial charge in [0, 0.05) is 34.4 Å². The molecule has 4 aromatic rings. The van der Waals surface area contributed by atoms with Crippen LogP contribution in [0.15, 0.2) is 65.8 Å². The van der Waals surface area contributed by atoms with E-state index in [-0.39, 0.29) is 0 Å². The molecule has 2 N–H and O–H groups in total. The summed E-state index contributed by atoms with van der Waals surface area (Å²) in [5.74, 6) is 2.91. The van der Waals surface area contributed by atoms with E-state index < -0.39 is 0 Å². The molecule has 5 rings (SSSR count). The minimum absolute atomic E-state index is 0.348. The molecular weight excluding hydrogens is 557 g/mol. The standard InChI is InChI=1S/C31H33Cl2N7O/c1-20-13-15-40(16-14-20)31-37-29(35-28-6-4-5-21(2)22(28)3)36-30(38-31)39-34-18-23-7-11-26(12-8-23)41-19-24-9-10-25(32)17-27(24)33/h4-12,17-18,20H,13-16,19H2,1-3H3,(H2,35,36,37,38,39)/b34-18+. The van der Waals surface area contributed by atoms with Gasteiger partial charge in [0.05, 0.1) is 6.21 Å². The van der Waals surface area contributed by atoms with Crippen LogP contribution < -0.4 is 20.4 Å². The number of aryl methyl sites for hydroxylation is 1. The Morgan fingerprint density at radius 3 is 2.49 bits per heavy atom. The average Bonchev–Trinajstić information content (AvgIpc) is 2.96. The van der Waals surface area contributed by atoms with E-state index in [4.69, 9.17) is 32.9 Å². The number of anilines is 4. The fourth-order valence-electron chi connectivity index (χ4n) is 4.44. The van der Waals surface area contributed by atoms with Crippen LogP contribution in [0, 0.1) is 19.8 Å². The van der Waals surface area contributed by atoms with Crippen molar-refractivity contribution in [3.05, 3.63) is 93.0 Å². The van der Waals surface area contributed by atoms with E-state index in [2.05, 4.69) is 57.5 Å². The van der Waals surface area contributed by atoms with Crippen molar-refractivity contribution in [2.75, 3.05) is 28.7 Å². The van der Waals surface area contributed by atoms with Crippen molar-refractivity contribution < 1.29 is 4.74 Å². The molecule has 0 bridgehead atoms. The van der Waals surface area contributed by atoms with Gasteiger partial charge in [-0.05, 0) is 91.8 Å². The monoisotopic (exact) mass is 589 g/mol. The third-order valence-corrected chi connectivity index (χ3v) is 7.80. The average molecular weight is 591 g/mol. The molecule has 0 amide bonds. The van der Waals surface area contributed by atoms with E-state index in [0.717, 1.165) is 54.1 Å². The Labute approximate surface area is 250 Å². The molecule has 0 atom stereocenters. The van der Waals surface area contributed by atoms with Crippen molar-refractivity contribution in [1.82, 2.24) is 15.0 Å². The van der Waals surface area contributed by atoms with Crippen LogP contribution in [0.25, 0.3) is 0 Å². The van der Waals surface area contributed by atoms with Crippen LogP contribution in [0.4, 0.5) is 23.5 Å². The Balaban J connectivity index is 1.27. The number of rotatable bonds is 9. The second-order valence-corrected chi connectivity index (χ2v) is 11.1. The van der Waals surface area contributed by atoms with Crippen LogP contribution in [-0.2, 0) is 6.61 Å². The van der Waals surface area contributed by atoms with Gasteiger partial charge in [0.1, 0.15) is 12.4 Å². The molecule has 41 heavy (non-hydrogen) atoms. The Hall–Kier alpha value is -3.88. The van der Waals surface area contributed by atoms with Gasteiger partial charge >= 0.3 is 0 Å². The summed E-state index contributed by atoms with van der Waals surface area (Å²) in [6.45, 7) is 8.63. The van der Waals surface area contributed by atoms with Gasteiger partial charge in [-0.3, -0.25) is 0 Å². The summed E-state index contributed by atoms with van der Waals surface area (Å²) in [7, 11) is 0. The van der Waals surface area contributed by atoms with Crippen LogP contribution in [-0.4, -0.2) is 34.3 Å². The molecule has 1 fully saturated rings. The van der Waals surface area contributed by atoms with Crippen molar-refractivity contribution in [2.24, 2.45) is 11.0 Å². The maximum Gasteiger partial charge on any atom is 0.250 e. The van der Waals surface area contributed by atoms with Gasteiger partial charge in [-0.1, -0.05) is 48.3 Å². The number of aromatic nitrogens is 3. The minimum atomic E-state index is 0.348.